The van der Waals surface area contributed by atoms with Gasteiger partial charge in [-0.25, -0.2) is 13.1 Å². The van der Waals surface area contributed by atoms with Crippen LogP contribution in [0.1, 0.15) is 42.3 Å². The quantitative estimate of drug-likeness (QED) is 0.424. The van der Waals surface area contributed by atoms with Crippen LogP contribution in [0.25, 0.3) is 0 Å². The highest BCUT2D eigenvalue weighted by Gasteiger charge is 2.16. The molecular formula is C23H26N2O5S. The molecule has 0 aliphatic carbocycles. The first kappa shape index (κ1) is 22.6. The summed E-state index contributed by atoms with van der Waals surface area (Å²) in [6.45, 7) is 2.73. The van der Waals surface area contributed by atoms with E-state index in [2.05, 4.69) is 17.0 Å². The zero-order chi connectivity index (χ0) is 22.1. The number of sulfonamides is 1. The minimum Gasteiger partial charge on any atom is -0.493 e. The molecular weight excluding hydrogens is 416 g/mol. The summed E-state index contributed by atoms with van der Waals surface area (Å²) in [5, 5.41) is 2.78. The van der Waals surface area contributed by atoms with Gasteiger partial charge in [-0.15, -0.1) is 0 Å². The number of ether oxygens (including phenoxy) is 1. The number of carbonyl (C=O) groups excluding carboxylic acids is 1. The first-order valence-electron chi connectivity index (χ1n) is 10.1. The number of hydrogen-bond donors (Lipinski definition) is 2. The molecule has 1 heterocycles. The van der Waals surface area contributed by atoms with Crippen molar-refractivity contribution in [3.05, 3.63) is 78.3 Å². The van der Waals surface area contributed by atoms with Crippen molar-refractivity contribution in [2.24, 2.45) is 0 Å². The minimum absolute atomic E-state index is 0.0584. The number of unbranched alkanes of at least 4 members (excludes halogenated alkanes) is 2. The van der Waals surface area contributed by atoms with E-state index in [1.807, 2.05) is 6.07 Å². The summed E-state index contributed by atoms with van der Waals surface area (Å²) in [5.41, 5.74) is 0.909. The number of amides is 1. The molecule has 0 aliphatic heterocycles. The number of hydrogen-bond acceptors (Lipinski definition) is 5. The maximum atomic E-state index is 12.7. The second kappa shape index (κ2) is 10.8. The lowest BCUT2D eigenvalue weighted by atomic mass is 10.2. The van der Waals surface area contributed by atoms with Gasteiger partial charge >= 0.3 is 0 Å². The van der Waals surface area contributed by atoms with Crippen LogP contribution in [-0.2, 0) is 16.6 Å². The number of nitrogens with one attached hydrogen (secondary N) is 2. The van der Waals surface area contributed by atoms with Crippen LogP contribution in [0.4, 0.5) is 5.69 Å². The second-order valence-corrected chi connectivity index (χ2v) is 8.70. The average Bonchev–Trinajstić information content (AvgIpc) is 3.30. The lowest BCUT2D eigenvalue weighted by Crippen LogP contribution is -2.23. The van der Waals surface area contributed by atoms with E-state index in [1.165, 1.54) is 18.4 Å². The van der Waals surface area contributed by atoms with Crippen molar-refractivity contribution in [2.75, 3.05) is 11.9 Å². The lowest BCUT2D eigenvalue weighted by molar-refractivity contribution is 0.102. The summed E-state index contributed by atoms with van der Waals surface area (Å²) >= 11 is 0. The van der Waals surface area contributed by atoms with Gasteiger partial charge in [-0.1, -0.05) is 31.9 Å². The molecule has 0 saturated carbocycles. The molecule has 0 spiro atoms. The summed E-state index contributed by atoms with van der Waals surface area (Å²) in [5.74, 6) is 0.720. The summed E-state index contributed by atoms with van der Waals surface area (Å²) in [7, 11) is -3.70. The van der Waals surface area contributed by atoms with Crippen LogP contribution in [0.15, 0.2) is 76.2 Å². The Labute approximate surface area is 182 Å². The monoisotopic (exact) mass is 442 g/mol. The molecule has 2 aromatic carbocycles. The van der Waals surface area contributed by atoms with Crippen LogP contribution >= 0.6 is 0 Å². The molecule has 1 aromatic heterocycles. The van der Waals surface area contributed by atoms with Crippen molar-refractivity contribution < 1.29 is 22.4 Å². The lowest BCUT2D eigenvalue weighted by Gasteiger charge is -2.12. The number of para-hydroxylation sites is 1. The maximum absolute atomic E-state index is 12.7. The Morgan fingerprint density at radius 3 is 2.48 bits per heavy atom. The summed E-state index contributed by atoms with van der Waals surface area (Å²) < 4.78 is 38.2. The maximum Gasteiger partial charge on any atom is 0.259 e. The SMILES string of the molecule is CCCCCOc1ccccc1C(=O)Nc1ccc(S(=O)(=O)NCc2ccco2)cc1. The zero-order valence-corrected chi connectivity index (χ0v) is 18.2. The van der Waals surface area contributed by atoms with Crippen molar-refractivity contribution >= 4 is 21.6 Å². The van der Waals surface area contributed by atoms with E-state index in [1.54, 1.807) is 42.5 Å². The number of benzene rings is 2. The highest BCUT2D eigenvalue weighted by molar-refractivity contribution is 7.89. The number of rotatable bonds is 11. The van der Waals surface area contributed by atoms with Crippen LogP contribution in [0.5, 0.6) is 5.75 Å². The first-order valence-corrected chi connectivity index (χ1v) is 11.6. The van der Waals surface area contributed by atoms with Crippen LogP contribution in [0.2, 0.25) is 0 Å². The molecule has 0 atom stereocenters. The predicted molar refractivity (Wildman–Crippen MR) is 119 cm³/mol. The molecule has 0 saturated heterocycles. The molecule has 2 N–H and O–H groups in total. The van der Waals surface area contributed by atoms with Gasteiger partial charge in [0.15, 0.2) is 0 Å². The Morgan fingerprint density at radius 1 is 1.00 bits per heavy atom. The number of anilines is 1. The normalized spacial score (nSPS) is 11.3. The Kier molecular flexibility index (Phi) is 7.86. The predicted octanol–water partition coefficient (Wildman–Crippen LogP) is 4.58. The van der Waals surface area contributed by atoms with Gasteiger partial charge in [0.2, 0.25) is 10.0 Å². The van der Waals surface area contributed by atoms with E-state index in [0.717, 1.165) is 19.3 Å². The molecule has 0 fully saturated rings. The van der Waals surface area contributed by atoms with Crippen LogP contribution < -0.4 is 14.8 Å². The Morgan fingerprint density at radius 2 is 1.77 bits per heavy atom. The second-order valence-electron chi connectivity index (χ2n) is 6.93. The van der Waals surface area contributed by atoms with Crippen molar-refractivity contribution in [1.29, 1.82) is 0 Å². The first-order chi connectivity index (χ1) is 15.0. The van der Waals surface area contributed by atoms with Crippen LogP contribution in [-0.4, -0.2) is 20.9 Å². The summed E-state index contributed by atoms with van der Waals surface area (Å²) in [6.07, 6.45) is 4.57. The van der Waals surface area contributed by atoms with Crippen molar-refractivity contribution in [3.8, 4) is 5.75 Å². The fourth-order valence-electron chi connectivity index (χ4n) is 2.89. The van der Waals surface area contributed by atoms with Crippen LogP contribution in [0.3, 0.4) is 0 Å². The highest BCUT2D eigenvalue weighted by Crippen LogP contribution is 2.21. The Hall–Kier alpha value is -3.10. The molecule has 3 aromatic rings. The Balaban J connectivity index is 1.62. The molecule has 31 heavy (non-hydrogen) atoms. The van der Waals surface area contributed by atoms with Gasteiger partial charge in [0, 0.05) is 5.69 Å². The standard InChI is InChI=1S/C23H26N2O5S/c1-2-3-6-15-30-22-10-5-4-9-21(22)23(26)25-18-11-13-20(14-12-18)31(27,28)24-17-19-8-7-16-29-19/h4-5,7-14,16,24H,2-3,6,15,17H2,1H3,(H,25,26). The zero-order valence-electron chi connectivity index (χ0n) is 17.3. The number of furan rings is 1. The molecule has 7 nitrogen and oxygen atoms in total. The fraction of sp³-hybridized carbons (Fsp3) is 0.261. The van der Waals surface area contributed by atoms with E-state index in [9.17, 15) is 13.2 Å². The van der Waals surface area contributed by atoms with Gasteiger partial charge in [0.25, 0.3) is 5.91 Å². The van der Waals surface area contributed by atoms with E-state index in [0.29, 0.717) is 29.4 Å². The van der Waals surface area contributed by atoms with E-state index >= 15 is 0 Å². The van der Waals surface area contributed by atoms with Gasteiger partial charge in [-0.05, 0) is 55.0 Å². The van der Waals surface area contributed by atoms with Gasteiger partial charge < -0.3 is 14.5 Å². The van der Waals surface area contributed by atoms with Crippen LogP contribution in [0, 0.1) is 0 Å². The Bertz CT molecular complexity index is 1080. The van der Waals surface area contributed by atoms with E-state index < -0.39 is 10.0 Å². The number of carbonyl (C=O) groups is 1. The molecule has 3 rings (SSSR count). The average molecular weight is 443 g/mol. The van der Waals surface area contributed by atoms with Crippen molar-refractivity contribution in [2.45, 2.75) is 37.6 Å². The smallest absolute Gasteiger partial charge is 0.259 e. The van der Waals surface area contributed by atoms with Gasteiger partial charge in [0.1, 0.15) is 11.5 Å². The van der Waals surface area contributed by atoms with Gasteiger partial charge in [-0.2, -0.15) is 0 Å². The molecule has 8 heteroatoms. The minimum atomic E-state index is -3.70. The van der Waals surface area contributed by atoms with Crippen molar-refractivity contribution in [3.63, 3.8) is 0 Å². The fourth-order valence-corrected chi connectivity index (χ4v) is 3.89. The molecule has 1 amide bonds. The summed E-state index contributed by atoms with van der Waals surface area (Å²) in [6, 6.07) is 16.4. The molecule has 0 unspecified atom stereocenters. The van der Waals surface area contributed by atoms with Gasteiger partial charge in [-0.3, -0.25) is 4.79 Å². The molecule has 0 radical (unpaired) electrons. The van der Waals surface area contributed by atoms with E-state index in [4.69, 9.17) is 9.15 Å². The summed E-state index contributed by atoms with van der Waals surface area (Å²) in [4.78, 5) is 12.8. The molecule has 164 valence electrons. The molecule has 0 bridgehead atoms. The third-order valence-corrected chi connectivity index (χ3v) is 5.99. The highest BCUT2D eigenvalue weighted by atomic mass is 32.2. The molecule has 0 aliphatic rings. The largest absolute Gasteiger partial charge is 0.493 e. The topological polar surface area (TPSA) is 97.6 Å². The van der Waals surface area contributed by atoms with Crippen molar-refractivity contribution in [1.82, 2.24) is 4.72 Å². The van der Waals surface area contributed by atoms with E-state index in [-0.39, 0.29) is 17.3 Å². The third-order valence-electron chi connectivity index (χ3n) is 4.58. The van der Waals surface area contributed by atoms with Gasteiger partial charge in [0.05, 0.1) is 29.9 Å². The third kappa shape index (κ3) is 6.44.